The van der Waals surface area contributed by atoms with Crippen LogP contribution in [0.2, 0.25) is 0 Å². The first-order valence-corrected chi connectivity index (χ1v) is 7.90. The maximum Gasteiger partial charge on any atom is 0.339 e. The summed E-state index contributed by atoms with van der Waals surface area (Å²) in [6, 6.07) is 3.61. The molecule has 1 aromatic rings. The number of aliphatic hydroxyl groups is 1. The average molecular weight is 315 g/mol. The van der Waals surface area contributed by atoms with Crippen LogP contribution in [-0.4, -0.2) is 55.2 Å². The van der Waals surface area contributed by atoms with Crippen molar-refractivity contribution in [1.82, 2.24) is 4.31 Å². The van der Waals surface area contributed by atoms with Crippen LogP contribution in [0.25, 0.3) is 0 Å². The monoisotopic (exact) mass is 315 g/mol. The first kappa shape index (κ1) is 15.7. The van der Waals surface area contributed by atoms with Crippen LogP contribution >= 0.6 is 0 Å². The normalized spacial score (nSPS) is 15.2. The predicted octanol–water partition coefficient (Wildman–Crippen LogP) is 0.539. The number of rotatable bonds is 7. The van der Waals surface area contributed by atoms with E-state index in [-0.39, 0.29) is 35.4 Å². The summed E-state index contributed by atoms with van der Waals surface area (Å²) < 4.78 is 31.3. The van der Waals surface area contributed by atoms with Gasteiger partial charge in [-0.2, -0.15) is 4.31 Å². The molecule has 0 bridgehead atoms. The van der Waals surface area contributed by atoms with E-state index in [4.69, 9.17) is 14.9 Å². The van der Waals surface area contributed by atoms with Crippen LogP contribution in [0.4, 0.5) is 0 Å². The van der Waals surface area contributed by atoms with Crippen LogP contribution in [-0.2, 0) is 10.0 Å². The smallest absolute Gasteiger partial charge is 0.339 e. The molecule has 0 unspecified atom stereocenters. The van der Waals surface area contributed by atoms with Gasteiger partial charge in [0, 0.05) is 12.6 Å². The number of carboxylic acids is 1. The molecule has 8 heteroatoms. The topological polar surface area (TPSA) is 104 Å². The van der Waals surface area contributed by atoms with E-state index in [1.54, 1.807) is 0 Å². The van der Waals surface area contributed by atoms with Crippen molar-refractivity contribution in [3.8, 4) is 5.75 Å². The van der Waals surface area contributed by atoms with Gasteiger partial charge in [0.15, 0.2) is 0 Å². The first-order valence-electron chi connectivity index (χ1n) is 6.46. The molecule has 2 rings (SSSR count). The molecule has 21 heavy (non-hydrogen) atoms. The Labute approximate surface area is 122 Å². The third kappa shape index (κ3) is 3.17. The van der Waals surface area contributed by atoms with Crippen molar-refractivity contribution in [1.29, 1.82) is 0 Å². The van der Waals surface area contributed by atoms with Crippen LogP contribution in [0.15, 0.2) is 23.1 Å². The molecule has 0 heterocycles. The highest BCUT2D eigenvalue weighted by Gasteiger charge is 2.38. The maximum atomic E-state index is 12.6. The lowest BCUT2D eigenvalue weighted by atomic mass is 10.2. The lowest BCUT2D eigenvalue weighted by molar-refractivity contribution is 0.0693. The van der Waals surface area contributed by atoms with Crippen LogP contribution in [0, 0.1) is 0 Å². The molecule has 1 aromatic carbocycles. The van der Waals surface area contributed by atoms with Crippen LogP contribution < -0.4 is 4.74 Å². The minimum atomic E-state index is -3.83. The van der Waals surface area contributed by atoms with Crippen molar-refractivity contribution >= 4 is 16.0 Å². The molecule has 0 radical (unpaired) electrons. The van der Waals surface area contributed by atoms with Gasteiger partial charge in [0.25, 0.3) is 0 Å². The Bertz CT molecular complexity index is 638. The van der Waals surface area contributed by atoms with E-state index in [0.717, 1.165) is 18.9 Å². The largest absolute Gasteiger partial charge is 0.496 e. The Hall–Kier alpha value is -1.64. The number of nitrogens with zero attached hydrogens (tertiary/aromatic N) is 1. The molecule has 0 amide bonds. The summed E-state index contributed by atoms with van der Waals surface area (Å²) in [5.41, 5.74) is -0.210. The summed E-state index contributed by atoms with van der Waals surface area (Å²) in [5.74, 6) is -1.16. The molecular weight excluding hydrogens is 298 g/mol. The summed E-state index contributed by atoms with van der Waals surface area (Å²) in [6.45, 7) is -0.279. The third-order valence-corrected chi connectivity index (χ3v) is 5.23. The molecule has 1 aliphatic rings. The summed E-state index contributed by atoms with van der Waals surface area (Å²) in [5, 5.41) is 18.2. The Kier molecular flexibility index (Phi) is 4.50. The van der Waals surface area contributed by atoms with Crippen molar-refractivity contribution < 1.29 is 28.2 Å². The minimum Gasteiger partial charge on any atom is -0.496 e. The van der Waals surface area contributed by atoms with Crippen LogP contribution in [0.1, 0.15) is 23.2 Å². The van der Waals surface area contributed by atoms with E-state index in [1.807, 2.05) is 0 Å². The summed E-state index contributed by atoms with van der Waals surface area (Å²) in [6.07, 6.45) is 1.50. The van der Waals surface area contributed by atoms with Gasteiger partial charge in [-0.05, 0) is 31.0 Å². The van der Waals surface area contributed by atoms with Gasteiger partial charge in [0.05, 0.1) is 18.6 Å². The minimum absolute atomic E-state index is 0.00142. The molecule has 116 valence electrons. The molecule has 0 aromatic heterocycles. The van der Waals surface area contributed by atoms with Crippen LogP contribution in [0.3, 0.4) is 0 Å². The maximum absolute atomic E-state index is 12.6. The van der Waals surface area contributed by atoms with Gasteiger partial charge in [0.2, 0.25) is 10.0 Å². The van der Waals surface area contributed by atoms with Gasteiger partial charge in [-0.1, -0.05) is 0 Å². The Balaban J connectivity index is 2.44. The number of carbonyl (C=O) groups is 1. The zero-order chi connectivity index (χ0) is 15.6. The third-order valence-electron chi connectivity index (χ3n) is 3.28. The van der Waals surface area contributed by atoms with E-state index in [0.29, 0.717) is 0 Å². The average Bonchev–Trinajstić information content (AvgIpc) is 3.28. The van der Waals surface area contributed by atoms with Gasteiger partial charge in [-0.25, -0.2) is 13.2 Å². The van der Waals surface area contributed by atoms with Gasteiger partial charge in [-0.15, -0.1) is 0 Å². The zero-order valence-corrected chi connectivity index (χ0v) is 12.3. The van der Waals surface area contributed by atoms with Crippen molar-refractivity contribution in [2.24, 2.45) is 0 Å². The number of carboxylic acid groups (broad SMARTS) is 1. The van der Waals surface area contributed by atoms with E-state index in [2.05, 4.69) is 0 Å². The number of aromatic carboxylic acids is 1. The number of hydrogen-bond acceptors (Lipinski definition) is 5. The molecule has 0 atom stereocenters. The summed E-state index contributed by atoms with van der Waals surface area (Å²) in [4.78, 5) is 11.1. The van der Waals surface area contributed by atoms with Gasteiger partial charge in [0.1, 0.15) is 11.3 Å². The van der Waals surface area contributed by atoms with E-state index in [9.17, 15) is 13.2 Å². The van der Waals surface area contributed by atoms with E-state index >= 15 is 0 Å². The fourth-order valence-electron chi connectivity index (χ4n) is 2.11. The summed E-state index contributed by atoms with van der Waals surface area (Å²) in [7, 11) is -2.51. The molecule has 1 fully saturated rings. The van der Waals surface area contributed by atoms with Crippen molar-refractivity contribution in [3.63, 3.8) is 0 Å². The molecule has 1 saturated carbocycles. The highest BCUT2D eigenvalue weighted by molar-refractivity contribution is 7.89. The Morgan fingerprint density at radius 2 is 2.10 bits per heavy atom. The summed E-state index contributed by atoms with van der Waals surface area (Å²) >= 11 is 0. The fourth-order valence-corrected chi connectivity index (χ4v) is 3.81. The van der Waals surface area contributed by atoms with Gasteiger partial charge < -0.3 is 14.9 Å². The van der Waals surface area contributed by atoms with Gasteiger partial charge >= 0.3 is 5.97 Å². The van der Waals surface area contributed by atoms with Gasteiger partial charge in [-0.3, -0.25) is 0 Å². The number of ether oxygens (including phenoxy) is 1. The fraction of sp³-hybridized carbons (Fsp3) is 0.462. The Morgan fingerprint density at radius 3 is 2.57 bits per heavy atom. The highest BCUT2D eigenvalue weighted by atomic mass is 32.2. The number of hydrogen-bond donors (Lipinski definition) is 2. The molecule has 0 spiro atoms. The van der Waals surface area contributed by atoms with Crippen molar-refractivity contribution in [2.75, 3.05) is 20.3 Å². The molecule has 0 saturated heterocycles. The molecular formula is C13H17NO6S. The first-order chi connectivity index (χ1) is 9.91. The quantitative estimate of drug-likeness (QED) is 0.761. The second-order valence-electron chi connectivity index (χ2n) is 4.74. The number of aliphatic hydroxyl groups excluding tert-OH is 1. The molecule has 0 aliphatic heterocycles. The van der Waals surface area contributed by atoms with Crippen LogP contribution in [0.5, 0.6) is 5.75 Å². The predicted molar refractivity (Wildman–Crippen MR) is 74.0 cm³/mol. The van der Waals surface area contributed by atoms with Crippen molar-refractivity contribution in [3.05, 3.63) is 23.8 Å². The SMILES string of the molecule is COc1ccc(S(=O)(=O)N(CCO)C2CC2)cc1C(=O)O. The number of benzene rings is 1. The standard InChI is InChI=1S/C13H17NO6S/c1-20-12-5-4-10(8-11(12)13(16)17)21(18,19)14(6-7-15)9-2-3-9/h4-5,8-9,15H,2-3,6-7H2,1H3,(H,16,17). The highest BCUT2D eigenvalue weighted by Crippen LogP contribution is 2.33. The zero-order valence-electron chi connectivity index (χ0n) is 11.5. The Morgan fingerprint density at radius 1 is 1.43 bits per heavy atom. The second kappa shape index (κ2) is 6.00. The molecule has 7 nitrogen and oxygen atoms in total. The number of methoxy groups -OCH3 is 1. The van der Waals surface area contributed by atoms with E-state index < -0.39 is 16.0 Å². The second-order valence-corrected chi connectivity index (χ2v) is 6.63. The lowest BCUT2D eigenvalue weighted by Gasteiger charge is -2.21. The molecule has 2 N–H and O–H groups in total. The number of sulfonamides is 1. The lowest BCUT2D eigenvalue weighted by Crippen LogP contribution is -2.35. The van der Waals surface area contributed by atoms with Crippen molar-refractivity contribution in [2.45, 2.75) is 23.8 Å². The van der Waals surface area contributed by atoms with E-state index in [1.165, 1.54) is 23.5 Å². The molecule has 1 aliphatic carbocycles.